The van der Waals surface area contributed by atoms with Gasteiger partial charge < -0.3 is 4.74 Å². The van der Waals surface area contributed by atoms with Gasteiger partial charge in [-0.1, -0.05) is 12.8 Å². The van der Waals surface area contributed by atoms with Crippen molar-refractivity contribution in [2.75, 3.05) is 7.11 Å². The average molecular weight is 167 g/mol. The van der Waals surface area contributed by atoms with Crippen LogP contribution in [0.2, 0.25) is 0 Å². The maximum absolute atomic E-state index is 8.44. The topological polar surface area (TPSA) is 33.0 Å². The van der Waals surface area contributed by atoms with Crippen LogP contribution in [0.3, 0.4) is 0 Å². The normalized spacial score (nSPS) is 29.7. The molecule has 0 spiro atoms. The van der Waals surface area contributed by atoms with Crippen molar-refractivity contribution in [3.05, 3.63) is 0 Å². The lowest BCUT2D eigenvalue weighted by Gasteiger charge is -2.27. The quantitative estimate of drug-likeness (QED) is 0.647. The number of hydrogen-bond acceptors (Lipinski definition) is 2. The van der Waals surface area contributed by atoms with Gasteiger partial charge in [0.2, 0.25) is 0 Å². The molecule has 1 saturated carbocycles. The minimum Gasteiger partial charge on any atom is -0.381 e. The van der Waals surface area contributed by atoms with Gasteiger partial charge in [-0.2, -0.15) is 5.26 Å². The van der Waals surface area contributed by atoms with E-state index in [1.165, 1.54) is 19.3 Å². The smallest absolute Gasteiger partial charge is 0.0621 e. The van der Waals surface area contributed by atoms with E-state index < -0.39 is 0 Å². The SMILES string of the molecule is COC1CCCC(CCC#N)C1. The van der Waals surface area contributed by atoms with Crippen LogP contribution in [0.25, 0.3) is 0 Å². The Morgan fingerprint density at radius 2 is 2.33 bits per heavy atom. The van der Waals surface area contributed by atoms with E-state index in [4.69, 9.17) is 10.00 Å². The van der Waals surface area contributed by atoms with Gasteiger partial charge in [-0.15, -0.1) is 0 Å². The molecule has 2 unspecified atom stereocenters. The Morgan fingerprint density at radius 1 is 1.50 bits per heavy atom. The molecule has 2 atom stereocenters. The summed E-state index contributed by atoms with van der Waals surface area (Å²) in [5.41, 5.74) is 0. The summed E-state index contributed by atoms with van der Waals surface area (Å²) in [5.74, 6) is 0.739. The molecule has 68 valence electrons. The van der Waals surface area contributed by atoms with Gasteiger partial charge in [0.25, 0.3) is 0 Å². The average Bonchev–Trinajstić information content (AvgIpc) is 2.15. The van der Waals surface area contributed by atoms with Crippen LogP contribution in [0.4, 0.5) is 0 Å². The zero-order valence-corrected chi connectivity index (χ0v) is 7.75. The highest BCUT2D eigenvalue weighted by Gasteiger charge is 2.20. The summed E-state index contributed by atoms with van der Waals surface area (Å²) < 4.78 is 5.32. The molecule has 1 fully saturated rings. The van der Waals surface area contributed by atoms with E-state index in [0.717, 1.165) is 18.8 Å². The highest BCUT2D eigenvalue weighted by Crippen LogP contribution is 2.28. The third-order valence-electron chi connectivity index (χ3n) is 2.73. The van der Waals surface area contributed by atoms with Crippen molar-refractivity contribution in [2.24, 2.45) is 5.92 Å². The van der Waals surface area contributed by atoms with E-state index in [0.29, 0.717) is 12.5 Å². The largest absolute Gasteiger partial charge is 0.381 e. The van der Waals surface area contributed by atoms with E-state index in [1.54, 1.807) is 7.11 Å². The molecule has 0 saturated heterocycles. The minimum atomic E-state index is 0.461. The molecule has 12 heavy (non-hydrogen) atoms. The Hall–Kier alpha value is -0.550. The molecule has 0 amide bonds. The van der Waals surface area contributed by atoms with Crippen LogP contribution in [-0.2, 0) is 4.74 Å². The van der Waals surface area contributed by atoms with Crippen LogP contribution < -0.4 is 0 Å². The Kier molecular flexibility index (Phi) is 4.10. The van der Waals surface area contributed by atoms with Crippen molar-refractivity contribution in [1.82, 2.24) is 0 Å². The number of rotatable bonds is 3. The number of hydrogen-bond donors (Lipinski definition) is 0. The lowest BCUT2D eigenvalue weighted by Crippen LogP contribution is -2.21. The molecule has 0 heterocycles. The van der Waals surface area contributed by atoms with Crippen LogP contribution >= 0.6 is 0 Å². The maximum Gasteiger partial charge on any atom is 0.0621 e. The predicted octanol–water partition coefficient (Wildman–Crippen LogP) is 2.50. The molecule has 0 N–H and O–H groups in total. The summed E-state index contributed by atoms with van der Waals surface area (Å²) in [5, 5.41) is 8.44. The standard InChI is InChI=1S/C10H17NO/c1-12-10-6-2-4-9(8-10)5-3-7-11/h9-10H,2-6,8H2,1H3. The van der Waals surface area contributed by atoms with Crippen LogP contribution in [-0.4, -0.2) is 13.2 Å². The first kappa shape index (κ1) is 9.54. The summed E-state index contributed by atoms with van der Waals surface area (Å²) in [7, 11) is 1.79. The first-order chi connectivity index (χ1) is 5.86. The molecular weight excluding hydrogens is 150 g/mol. The van der Waals surface area contributed by atoms with Crippen LogP contribution in [0.1, 0.15) is 38.5 Å². The summed E-state index contributed by atoms with van der Waals surface area (Å²) in [6.07, 6.45) is 7.17. The lowest BCUT2D eigenvalue weighted by molar-refractivity contribution is 0.0493. The molecular formula is C10H17NO. The predicted molar refractivity (Wildman–Crippen MR) is 47.6 cm³/mol. The van der Waals surface area contributed by atoms with Gasteiger partial charge in [-0.25, -0.2) is 0 Å². The first-order valence-corrected chi connectivity index (χ1v) is 4.76. The van der Waals surface area contributed by atoms with Gasteiger partial charge in [0.1, 0.15) is 0 Å². The summed E-state index contributed by atoms with van der Waals surface area (Å²) in [6, 6.07) is 2.21. The lowest BCUT2D eigenvalue weighted by atomic mass is 9.84. The Balaban J connectivity index is 2.22. The third kappa shape index (κ3) is 2.83. The summed E-state index contributed by atoms with van der Waals surface area (Å²) >= 11 is 0. The fourth-order valence-corrected chi connectivity index (χ4v) is 1.99. The zero-order valence-electron chi connectivity index (χ0n) is 7.75. The summed E-state index contributed by atoms with van der Waals surface area (Å²) in [6.45, 7) is 0. The van der Waals surface area contributed by atoms with E-state index in [2.05, 4.69) is 6.07 Å². The van der Waals surface area contributed by atoms with Crippen LogP contribution in [0, 0.1) is 17.2 Å². The molecule has 0 aromatic carbocycles. The number of nitriles is 1. The molecule has 0 aromatic rings. The second-order valence-corrected chi connectivity index (χ2v) is 3.59. The molecule has 0 radical (unpaired) electrons. The Bertz CT molecular complexity index is 162. The highest BCUT2D eigenvalue weighted by molar-refractivity contribution is 4.77. The van der Waals surface area contributed by atoms with E-state index in [-0.39, 0.29) is 0 Å². The molecule has 0 bridgehead atoms. The number of nitrogens with zero attached hydrogens (tertiary/aromatic N) is 1. The van der Waals surface area contributed by atoms with Gasteiger partial charge in [0.05, 0.1) is 12.2 Å². The zero-order chi connectivity index (χ0) is 8.81. The van der Waals surface area contributed by atoms with E-state index >= 15 is 0 Å². The van der Waals surface area contributed by atoms with Gasteiger partial charge in [0.15, 0.2) is 0 Å². The van der Waals surface area contributed by atoms with Crippen molar-refractivity contribution in [1.29, 1.82) is 5.26 Å². The second-order valence-electron chi connectivity index (χ2n) is 3.59. The first-order valence-electron chi connectivity index (χ1n) is 4.76. The van der Waals surface area contributed by atoms with Crippen molar-refractivity contribution in [3.63, 3.8) is 0 Å². The second kappa shape index (κ2) is 5.16. The molecule has 1 rings (SSSR count). The van der Waals surface area contributed by atoms with Crippen molar-refractivity contribution in [3.8, 4) is 6.07 Å². The Labute approximate surface area is 74.5 Å². The van der Waals surface area contributed by atoms with Crippen LogP contribution in [0.5, 0.6) is 0 Å². The van der Waals surface area contributed by atoms with E-state index in [9.17, 15) is 0 Å². The van der Waals surface area contributed by atoms with E-state index in [1.807, 2.05) is 0 Å². The monoisotopic (exact) mass is 167 g/mol. The number of methoxy groups -OCH3 is 1. The van der Waals surface area contributed by atoms with Crippen molar-refractivity contribution in [2.45, 2.75) is 44.6 Å². The fraction of sp³-hybridized carbons (Fsp3) is 0.900. The number of ether oxygens (including phenoxy) is 1. The minimum absolute atomic E-state index is 0.461. The summed E-state index contributed by atoms with van der Waals surface area (Å²) in [4.78, 5) is 0. The highest BCUT2D eigenvalue weighted by atomic mass is 16.5. The van der Waals surface area contributed by atoms with Crippen LogP contribution in [0.15, 0.2) is 0 Å². The molecule has 2 heteroatoms. The Morgan fingerprint density at radius 3 is 3.00 bits per heavy atom. The van der Waals surface area contributed by atoms with Gasteiger partial charge >= 0.3 is 0 Å². The third-order valence-corrected chi connectivity index (χ3v) is 2.73. The molecule has 0 aliphatic heterocycles. The van der Waals surface area contributed by atoms with Crippen molar-refractivity contribution >= 4 is 0 Å². The fourth-order valence-electron chi connectivity index (χ4n) is 1.99. The molecule has 0 aromatic heterocycles. The van der Waals surface area contributed by atoms with Gasteiger partial charge in [-0.05, 0) is 25.2 Å². The van der Waals surface area contributed by atoms with Gasteiger partial charge in [0, 0.05) is 13.5 Å². The maximum atomic E-state index is 8.44. The van der Waals surface area contributed by atoms with Gasteiger partial charge in [-0.3, -0.25) is 0 Å². The van der Waals surface area contributed by atoms with Crippen molar-refractivity contribution < 1.29 is 4.74 Å². The molecule has 1 aliphatic rings. The molecule has 1 aliphatic carbocycles. The molecule has 2 nitrogen and oxygen atoms in total.